The van der Waals surface area contributed by atoms with Crippen LogP contribution in [0.15, 0.2) is 48.7 Å². The first kappa shape index (κ1) is 20.5. The molecule has 2 aliphatic heterocycles. The molecular weight excluding hydrogens is 378 g/mol. The molecule has 0 aliphatic carbocycles. The number of aromatic nitrogens is 1. The van der Waals surface area contributed by atoms with Crippen molar-refractivity contribution in [3.05, 3.63) is 65.5 Å². The van der Waals surface area contributed by atoms with Gasteiger partial charge in [0, 0.05) is 44.2 Å². The second-order valence-electron chi connectivity index (χ2n) is 8.72. The van der Waals surface area contributed by atoms with Crippen LogP contribution in [0.2, 0.25) is 0 Å². The van der Waals surface area contributed by atoms with Crippen LogP contribution in [0, 0.1) is 5.41 Å². The number of amides is 1. The number of carboxylic acids is 1. The number of hydrogen-bond acceptors (Lipinski definition) is 4. The van der Waals surface area contributed by atoms with E-state index in [9.17, 15) is 9.59 Å². The van der Waals surface area contributed by atoms with Gasteiger partial charge in [0.2, 0.25) is 5.91 Å². The molecule has 1 fully saturated rings. The zero-order valence-corrected chi connectivity index (χ0v) is 17.3. The summed E-state index contributed by atoms with van der Waals surface area (Å²) in [7, 11) is 0. The summed E-state index contributed by atoms with van der Waals surface area (Å²) < 4.78 is 0. The highest BCUT2D eigenvalue weighted by Gasteiger charge is 2.40. The van der Waals surface area contributed by atoms with E-state index in [0.29, 0.717) is 13.1 Å². The van der Waals surface area contributed by atoms with Crippen LogP contribution in [0.3, 0.4) is 0 Å². The standard InChI is InChI=1S/C24H29N3O3/c28-22(9-10-23(29)30)27-15-20-7-2-1-6-19(20)14-24(18-27)11-5-13-26(17-24)16-21-8-3-4-12-25-21/h1-4,6-8,12H,5,9-11,13-18H2,(H,29,30). The molecule has 1 saturated heterocycles. The fourth-order valence-electron chi connectivity index (χ4n) is 5.00. The maximum atomic E-state index is 12.9. The number of rotatable bonds is 5. The molecule has 1 N–H and O–H groups in total. The van der Waals surface area contributed by atoms with Gasteiger partial charge in [-0.15, -0.1) is 0 Å². The number of carboxylic acid groups (broad SMARTS) is 1. The molecule has 1 atom stereocenters. The van der Waals surface area contributed by atoms with Crippen LogP contribution in [0.5, 0.6) is 0 Å². The van der Waals surface area contributed by atoms with E-state index in [4.69, 9.17) is 5.11 Å². The number of likely N-dealkylation sites (tertiary alicyclic amines) is 1. The zero-order valence-electron chi connectivity index (χ0n) is 17.3. The SMILES string of the molecule is O=C(O)CCC(=O)N1Cc2ccccc2CC2(CCCN(Cc3ccccn3)C2)C1. The minimum absolute atomic E-state index is 0.0154. The lowest BCUT2D eigenvalue weighted by molar-refractivity contribution is -0.141. The van der Waals surface area contributed by atoms with Crippen LogP contribution in [-0.2, 0) is 29.1 Å². The molecule has 2 aromatic rings. The first-order valence-electron chi connectivity index (χ1n) is 10.7. The number of carbonyl (C=O) groups excluding carboxylic acids is 1. The molecule has 6 heteroatoms. The highest BCUT2D eigenvalue weighted by Crippen LogP contribution is 2.39. The second kappa shape index (κ2) is 8.96. The van der Waals surface area contributed by atoms with Crippen LogP contribution in [0.4, 0.5) is 0 Å². The Morgan fingerprint density at radius 2 is 1.83 bits per heavy atom. The fourth-order valence-corrected chi connectivity index (χ4v) is 5.00. The number of piperidine rings is 1. The largest absolute Gasteiger partial charge is 0.481 e. The summed E-state index contributed by atoms with van der Waals surface area (Å²) in [6.45, 7) is 4.01. The summed E-state index contributed by atoms with van der Waals surface area (Å²) in [5.41, 5.74) is 3.54. The van der Waals surface area contributed by atoms with Gasteiger partial charge in [-0.3, -0.25) is 19.5 Å². The molecular formula is C24H29N3O3. The van der Waals surface area contributed by atoms with Crippen molar-refractivity contribution in [2.24, 2.45) is 5.41 Å². The Labute approximate surface area is 177 Å². The van der Waals surface area contributed by atoms with Gasteiger partial charge in [0.1, 0.15) is 0 Å². The molecule has 1 spiro atoms. The Bertz CT molecular complexity index is 902. The van der Waals surface area contributed by atoms with E-state index in [2.05, 4.69) is 34.1 Å². The van der Waals surface area contributed by atoms with Crippen molar-refractivity contribution in [1.29, 1.82) is 0 Å². The molecule has 158 valence electrons. The topological polar surface area (TPSA) is 73.7 Å². The van der Waals surface area contributed by atoms with E-state index in [-0.39, 0.29) is 24.2 Å². The molecule has 0 saturated carbocycles. The molecule has 0 radical (unpaired) electrons. The summed E-state index contributed by atoms with van der Waals surface area (Å²) in [5, 5.41) is 9.01. The number of aliphatic carboxylic acids is 1. The van der Waals surface area contributed by atoms with Crippen molar-refractivity contribution in [2.75, 3.05) is 19.6 Å². The second-order valence-corrected chi connectivity index (χ2v) is 8.72. The van der Waals surface area contributed by atoms with Crippen molar-refractivity contribution < 1.29 is 14.7 Å². The van der Waals surface area contributed by atoms with Crippen molar-refractivity contribution in [1.82, 2.24) is 14.8 Å². The summed E-state index contributed by atoms with van der Waals surface area (Å²) in [6, 6.07) is 14.4. The summed E-state index contributed by atoms with van der Waals surface area (Å²) in [5.74, 6) is -0.984. The lowest BCUT2D eigenvalue weighted by atomic mass is 9.74. The molecule has 1 unspecified atom stereocenters. The monoisotopic (exact) mass is 407 g/mol. The third-order valence-corrected chi connectivity index (χ3v) is 6.33. The molecule has 1 amide bonds. The highest BCUT2D eigenvalue weighted by molar-refractivity contribution is 5.80. The van der Waals surface area contributed by atoms with E-state index in [1.54, 1.807) is 0 Å². The van der Waals surface area contributed by atoms with Gasteiger partial charge in [-0.25, -0.2) is 0 Å². The van der Waals surface area contributed by atoms with Crippen LogP contribution in [0.25, 0.3) is 0 Å². The number of nitrogens with zero attached hydrogens (tertiary/aromatic N) is 3. The van der Waals surface area contributed by atoms with E-state index in [0.717, 1.165) is 44.6 Å². The van der Waals surface area contributed by atoms with Crippen molar-refractivity contribution in [3.8, 4) is 0 Å². The molecule has 3 heterocycles. The Morgan fingerprint density at radius 3 is 2.60 bits per heavy atom. The van der Waals surface area contributed by atoms with Crippen molar-refractivity contribution in [3.63, 3.8) is 0 Å². The molecule has 30 heavy (non-hydrogen) atoms. The normalized spacial score (nSPS) is 21.8. The van der Waals surface area contributed by atoms with E-state index < -0.39 is 5.97 Å². The van der Waals surface area contributed by atoms with Gasteiger partial charge in [-0.05, 0) is 49.1 Å². The summed E-state index contributed by atoms with van der Waals surface area (Å²) in [6.07, 6.45) is 4.89. The quantitative estimate of drug-likeness (QED) is 0.824. The zero-order chi connectivity index (χ0) is 21.0. The minimum Gasteiger partial charge on any atom is -0.481 e. The summed E-state index contributed by atoms with van der Waals surface area (Å²) in [4.78, 5) is 32.7. The van der Waals surface area contributed by atoms with Crippen molar-refractivity contribution in [2.45, 2.75) is 45.2 Å². The van der Waals surface area contributed by atoms with Crippen LogP contribution < -0.4 is 0 Å². The van der Waals surface area contributed by atoms with Crippen LogP contribution in [-0.4, -0.2) is 51.4 Å². The number of benzene rings is 1. The van der Waals surface area contributed by atoms with E-state index >= 15 is 0 Å². The average molecular weight is 408 g/mol. The predicted molar refractivity (Wildman–Crippen MR) is 114 cm³/mol. The van der Waals surface area contributed by atoms with Gasteiger partial charge < -0.3 is 10.0 Å². The number of pyridine rings is 1. The molecule has 0 bridgehead atoms. The maximum Gasteiger partial charge on any atom is 0.303 e. The average Bonchev–Trinajstić information content (AvgIpc) is 2.89. The number of carbonyl (C=O) groups is 2. The lowest BCUT2D eigenvalue weighted by Gasteiger charge is -2.44. The Balaban J connectivity index is 1.57. The molecule has 1 aromatic carbocycles. The third kappa shape index (κ3) is 4.87. The fraction of sp³-hybridized carbons (Fsp3) is 0.458. The molecule has 4 rings (SSSR count). The number of fused-ring (bicyclic) bond motifs is 1. The highest BCUT2D eigenvalue weighted by atomic mass is 16.4. The lowest BCUT2D eigenvalue weighted by Crippen LogP contribution is -2.50. The van der Waals surface area contributed by atoms with Gasteiger partial charge in [0.15, 0.2) is 0 Å². The number of hydrogen-bond donors (Lipinski definition) is 1. The van der Waals surface area contributed by atoms with Gasteiger partial charge in [0.25, 0.3) is 0 Å². The molecule has 6 nitrogen and oxygen atoms in total. The van der Waals surface area contributed by atoms with E-state index in [1.807, 2.05) is 29.3 Å². The Morgan fingerprint density at radius 1 is 1.03 bits per heavy atom. The Kier molecular flexibility index (Phi) is 6.13. The van der Waals surface area contributed by atoms with Gasteiger partial charge in [-0.1, -0.05) is 30.3 Å². The van der Waals surface area contributed by atoms with Gasteiger partial charge >= 0.3 is 5.97 Å². The first-order chi connectivity index (χ1) is 14.5. The molecule has 1 aromatic heterocycles. The molecule has 2 aliphatic rings. The van der Waals surface area contributed by atoms with Crippen molar-refractivity contribution >= 4 is 11.9 Å². The van der Waals surface area contributed by atoms with Gasteiger partial charge in [-0.2, -0.15) is 0 Å². The van der Waals surface area contributed by atoms with E-state index in [1.165, 1.54) is 11.1 Å². The summed E-state index contributed by atoms with van der Waals surface area (Å²) >= 11 is 0. The maximum absolute atomic E-state index is 12.9. The predicted octanol–water partition coefficient (Wildman–Crippen LogP) is 3.11. The smallest absolute Gasteiger partial charge is 0.303 e. The van der Waals surface area contributed by atoms with Gasteiger partial charge in [0.05, 0.1) is 12.1 Å². The first-order valence-corrected chi connectivity index (χ1v) is 10.7. The van der Waals surface area contributed by atoms with Crippen LogP contribution in [0.1, 0.15) is 42.5 Å². The van der Waals surface area contributed by atoms with Crippen LogP contribution >= 0.6 is 0 Å². The third-order valence-electron chi connectivity index (χ3n) is 6.33. The Hall–Kier alpha value is -2.73. The minimum atomic E-state index is -0.924.